The molecule has 1 aliphatic rings. The Hall–Kier alpha value is -3.03. The summed E-state index contributed by atoms with van der Waals surface area (Å²) in [6.45, 7) is 10.3. The number of benzene rings is 2. The molecule has 0 fully saturated rings. The van der Waals surface area contributed by atoms with Gasteiger partial charge < -0.3 is 21.3 Å². The molecule has 0 aromatic heterocycles. The van der Waals surface area contributed by atoms with Crippen molar-refractivity contribution in [3.05, 3.63) is 108 Å². The number of Topliss-reactive ketones (excluding diaryl/α,β-unsaturated/α-hetero) is 1. The quantitative estimate of drug-likeness (QED) is 0.288. The second-order valence-electron chi connectivity index (χ2n) is 11.0. The van der Waals surface area contributed by atoms with Gasteiger partial charge in [-0.3, -0.25) is 9.59 Å². The van der Waals surface area contributed by atoms with Crippen molar-refractivity contribution in [1.82, 2.24) is 5.32 Å². The average Bonchev–Trinajstić information content (AvgIpc) is 2.89. The van der Waals surface area contributed by atoms with Gasteiger partial charge in [-0.25, -0.2) is 0 Å². The van der Waals surface area contributed by atoms with Crippen molar-refractivity contribution in [3.63, 3.8) is 0 Å². The van der Waals surface area contributed by atoms with Gasteiger partial charge in [0.05, 0.1) is 18.8 Å². The van der Waals surface area contributed by atoms with Crippen LogP contribution in [-0.2, 0) is 20.9 Å². The molecule has 1 amide bonds. The van der Waals surface area contributed by atoms with E-state index in [-0.39, 0.29) is 42.6 Å². The highest BCUT2D eigenvalue weighted by Crippen LogP contribution is 2.29. The Morgan fingerprint density at radius 2 is 1.73 bits per heavy atom. The SMILES string of the molecule is C=C(CC1C=CC(CC(=O)[C@@H](COCc2ccccc2)NC(=O)C(C)(C)N)=CC1)C[C@@H](C)c1ccccc1.Cl.O. The predicted molar refractivity (Wildman–Crippen MR) is 165 cm³/mol. The van der Waals surface area contributed by atoms with Gasteiger partial charge in [0, 0.05) is 6.42 Å². The van der Waals surface area contributed by atoms with E-state index in [9.17, 15) is 9.59 Å². The number of ether oxygens (including phenoxy) is 1. The van der Waals surface area contributed by atoms with Crippen molar-refractivity contribution >= 4 is 24.1 Å². The standard InChI is InChI=1S/C33H42N2O3.ClH.H2O/c1-24(19-25(2)29-13-9-6-10-14-29)20-26-15-17-27(18-16-26)21-31(36)30(35-32(37)33(3,4)34)23-38-22-28-11-7-5-8-12-28;;/h5-15,17-18,25-26,30H,1,16,19-23,34H2,2-4H3,(H,35,37);1H;1H2/t25-,26?,30-;;/m1../s1. The molecular formula is C33H45ClN2O4. The lowest BCUT2D eigenvalue weighted by molar-refractivity contribution is -0.131. The van der Waals surface area contributed by atoms with Crippen LogP contribution < -0.4 is 11.1 Å². The average molecular weight is 569 g/mol. The number of nitrogens with one attached hydrogen (secondary N) is 1. The predicted octanol–water partition coefficient (Wildman–Crippen LogP) is 5.62. The van der Waals surface area contributed by atoms with Crippen LogP contribution in [-0.4, -0.2) is 35.4 Å². The van der Waals surface area contributed by atoms with Gasteiger partial charge in [-0.15, -0.1) is 12.4 Å². The first-order chi connectivity index (χ1) is 18.1. The molecule has 40 heavy (non-hydrogen) atoms. The zero-order valence-electron chi connectivity index (χ0n) is 23.9. The van der Waals surface area contributed by atoms with Crippen molar-refractivity contribution in [2.45, 2.75) is 70.6 Å². The van der Waals surface area contributed by atoms with Crippen LogP contribution in [0.3, 0.4) is 0 Å². The van der Waals surface area contributed by atoms with Gasteiger partial charge >= 0.3 is 0 Å². The highest BCUT2D eigenvalue weighted by Gasteiger charge is 2.28. The Labute approximate surface area is 245 Å². The molecule has 1 unspecified atom stereocenters. The number of allylic oxidation sites excluding steroid dienone is 5. The van der Waals surface area contributed by atoms with E-state index in [1.807, 2.05) is 42.5 Å². The smallest absolute Gasteiger partial charge is 0.240 e. The minimum Gasteiger partial charge on any atom is -0.412 e. The Balaban J connectivity index is 0.00000400. The molecule has 5 N–H and O–H groups in total. The van der Waals surface area contributed by atoms with E-state index in [4.69, 9.17) is 10.5 Å². The highest BCUT2D eigenvalue weighted by molar-refractivity contribution is 5.93. The van der Waals surface area contributed by atoms with Crippen molar-refractivity contribution < 1.29 is 19.8 Å². The van der Waals surface area contributed by atoms with Crippen LogP contribution in [0.15, 0.2) is 96.6 Å². The first-order valence-electron chi connectivity index (χ1n) is 13.4. The Kier molecular flexibility index (Phi) is 14.8. The lowest BCUT2D eigenvalue weighted by atomic mass is 9.86. The third-order valence-corrected chi connectivity index (χ3v) is 6.83. The third-order valence-electron chi connectivity index (χ3n) is 6.83. The van der Waals surface area contributed by atoms with Gasteiger partial charge in [0.2, 0.25) is 5.91 Å². The first kappa shape index (κ1) is 35.0. The number of carbonyl (C=O) groups excluding carboxylic acids is 2. The molecule has 0 bridgehead atoms. The van der Waals surface area contributed by atoms with Crippen molar-refractivity contribution in [2.24, 2.45) is 11.7 Å². The minimum atomic E-state index is -1.09. The minimum absolute atomic E-state index is 0. The molecule has 218 valence electrons. The summed E-state index contributed by atoms with van der Waals surface area (Å²) in [5, 5.41) is 2.80. The number of carbonyl (C=O) groups is 2. The maximum atomic E-state index is 13.2. The third kappa shape index (κ3) is 11.6. The number of hydrogen-bond donors (Lipinski definition) is 2. The fourth-order valence-corrected chi connectivity index (χ4v) is 4.53. The van der Waals surface area contributed by atoms with Gasteiger partial charge in [0.15, 0.2) is 5.78 Å². The molecule has 0 saturated carbocycles. The molecule has 0 saturated heterocycles. The summed E-state index contributed by atoms with van der Waals surface area (Å²) in [4.78, 5) is 25.7. The maximum Gasteiger partial charge on any atom is 0.240 e. The summed E-state index contributed by atoms with van der Waals surface area (Å²) >= 11 is 0. The summed E-state index contributed by atoms with van der Waals surface area (Å²) in [5.74, 6) is 0.351. The maximum absolute atomic E-state index is 13.2. The van der Waals surface area contributed by atoms with E-state index in [0.29, 0.717) is 18.4 Å². The molecule has 0 heterocycles. The summed E-state index contributed by atoms with van der Waals surface area (Å²) in [5.41, 5.74) is 9.41. The van der Waals surface area contributed by atoms with E-state index < -0.39 is 11.6 Å². The van der Waals surface area contributed by atoms with Crippen molar-refractivity contribution in [3.8, 4) is 0 Å². The summed E-state index contributed by atoms with van der Waals surface area (Å²) in [7, 11) is 0. The monoisotopic (exact) mass is 568 g/mol. The lowest BCUT2D eigenvalue weighted by Crippen LogP contribution is -2.55. The number of halogens is 1. The van der Waals surface area contributed by atoms with Gasteiger partial charge in [-0.05, 0) is 61.6 Å². The molecule has 0 spiro atoms. The van der Waals surface area contributed by atoms with E-state index in [1.165, 1.54) is 11.1 Å². The van der Waals surface area contributed by atoms with Crippen LogP contribution in [0.25, 0.3) is 0 Å². The van der Waals surface area contributed by atoms with Crippen LogP contribution >= 0.6 is 12.4 Å². The molecule has 2 aromatic carbocycles. The van der Waals surface area contributed by atoms with Gasteiger partial charge in [0.1, 0.15) is 6.04 Å². The molecular weight excluding hydrogens is 524 g/mol. The molecule has 0 radical (unpaired) electrons. The summed E-state index contributed by atoms with van der Waals surface area (Å²) in [6.07, 6.45) is 9.36. The van der Waals surface area contributed by atoms with E-state index in [1.54, 1.807) is 13.8 Å². The van der Waals surface area contributed by atoms with Gasteiger partial charge in [-0.2, -0.15) is 0 Å². The largest absolute Gasteiger partial charge is 0.412 e. The number of hydrogen-bond acceptors (Lipinski definition) is 4. The topological polar surface area (TPSA) is 113 Å². The number of amides is 1. The fraction of sp³-hybridized carbons (Fsp3) is 0.394. The summed E-state index contributed by atoms with van der Waals surface area (Å²) in [6, 6.07) is 19.5. The van der Waals surface area contributed by atoms with Crippen LogP contribution in [0.5, 0.6) is 0 Å². The van der Waals surface area contributed by atoms with E-state index >= 15 is 0 Å². The molecule has 6 nitrogen and oxygen atoms in total. The van der Waals surface area contributed by atoms with Crippen LogP contribution in [0.2, 0.25) is 0 Å². The van der Waals surface area contributed by atoms with Crippen LogP contribution in [0.1, 0.15) is 63.5 Å². The zero-order chi connectivity index (χ0) is 27.5. The van der Waals surface area contributed by atoms with Crippen molar-refractivity contribution in [2.75, 3.05) is 6.61 Å². The molecule has 0 aliphatic heterocycles. The van der Waals surface area contributed by atoms with E-state index in [2.05, 4.69) is 55.2 Å². The van der Waals surface area contributed by atoms with E-state index in [0.717, 1.165) is 30.4 Å². The lowest BCUT2D eigenvalue weighted by Gasteiger charge is -2.24. The Morgan fingerprint density at radius 1 is 1.10 bits per heavy atom. The number of nitrogens with two attached hydrogens (primary N) is 1. The van der Waals surface area contributed by atoms with Crippen LogP contribution in [0.4, 0.5) is 0 Å². The van der Waals surface area contributed by atoms with Crippen molar-refractivity contribution in [1.29, 1.82) is 0 Å². The fourth-order valence-electron chi connectivity index (χ4n) is 4.53. The summed E-state index contributed by atoms with van der Waals surface area (Å²) < 4.78 is 5.81. The number of ketones is 1. The second kappa shape index (κ2) is 16.9. The Morgan fingerprint density at radius 3 is 2.30 bits per heavy atom. The molecule has 3 atom stereocenters. The molecule has 3 rings (SSSR count). The molecule has 7 heteroatoms. The second-order valence-corrected chi connectivity index (χ2v) is 11.0. The van der Waals surface area contributed by atoms with Gasteiger partial charge in [-0.1, -0.05) is 98.0 Å². The highest BCUT2D eigenvalue weighted by atomic mass is 35.5. The molecule has 2 aromatic rings. The first-order valence-corrected chi connectivity index (χ1v) is 13.4. The van der Waals surface area contributed by atoms with Gasteiger partial charge in [0.25, 0.3) is 0 Å². The Bertz CT molecular complexity index is 1140. The van der Waals surface area contributed by atoms with Crippen LogP contribution in [0, 0.1) is 5.92 Å². The normalized spacial score (nSPS) is 16.0. The number of rotatable bonds is 14. The molecule has 1 aliphatic carbocycles. The zero-order valence-corrected chi connectivity index (χ0v) is 24.7.